The Bertz CT molecular complexity index is 444. The normalized spacial score (nSPS) is 33.8. The van der Waals surface area contributed by atoms with Gasteiger partial charge in [0.2, 0.25) is 0 Å². The van der Waals surface area contributed by atoms with Crippen LogP contribution >= 0.6 is 0 Å². The summed E-state index contributed by atoms with van der Waals surface area (Å²) in [5, 5.41) is -0.331. The van der Waals surface area contributed by atoms with Gasteiger partial charge in [-0.1, -0.05) is 0 Å². The van der Waals surface area contributed by atoms with Gasteiger partial charge in [0.25, 0.3) is 0 Å². The molecule has 1 aliphatic heterocycles. The lowest BCUT2D eigenvalue weighted by Gasteiger charge is -2.42. The van der Waals surface area contributed by atoms with Crippen LogP contribution in [0.5, 0.6) is 0 Å². The number of hydrogen-bond acceptors (Lipinski definition) is 5. The van der Waals surface area contributed by atoms with Gasteiger partial charge in [0.05, 0.1) is 17.3 Å². The van der Waals surface area contributed by atoms with Crippen molar-refractivity contribution in [3.63, 3.8) is 0 Å². The fraction of sp³-hybridized carbons (Fsp3) is 0.909. The number of sulfone groups is 1. The van der Waals surface area contributed by atoms with Crippen molar-refractivity contribution in [2.75, 3.05) is 12.8 Å². The molecule has 0 aromatic heterocycles. The molecule has 98 valence electrons. The number of guanidine groups is 1. The van der Waals surface area contributed by atoms with Gasteiger partial charge < -0.3 is 10.6 Å². The van der Waals surface area contributed by atoms with Crippen LogP contribution in [0.2, 0.25) is 0 Å². The maximum absolute atomic E-state index is 12.0. The van der Waals surface area contributed by atoms with Crippen molar-refractivity contribution in [1.82, 2.24) is 4.90 Å². The van der Waals surface area contributed by atoms with E-state index in [-0.39, 0.29) is 16.8 Å². The molecule has 1 fully saturated rings. The molecular formula is C11H21N3O2S. The largest absolute Gasteiger partial charge is 0.370 e. The highest BCUT2D eigenvalue weighted by Gasteiger charge is 2.55. The molecule has 5 nitrogen and oxygen atoms in total. The molecule has 0 aromatic carbocycles. The summed E-state index contributed by atoms with van der Waals surface area (Å²) in [6.45, 7) is 4.59. The van der Waals surface area contributed by atoms with Crippen molar-refractivity contribution in [2.45, 2.75) is 49.9 Å². The molecule has 17 heavy (non-hydrogen) atoms. The minimum atomic E-state index is -3.05. The number of nitrogens with two attached hydrogens (primary N) is 1. The van der Waals surface area contributed by atoms with Crippen LogP contribution in [0.1, 0.15) is 33.1 Å². The van der Waals surface area contributed by atoms with E-state index in [0.29, 0.717) is 12.5 Å². The fourth-order valence-electron chi connectivity index (χ4n) is 3.47. The highest BCUT2D eigenvalue weighted by Crippen LogP contribution is 2.43. The monoisotopic (exact) mass is 259 g/mol. The third-order valence-electron chi connectivity index (χ3n) is 3.95. The summed E-state index contributed by atoms with van der Waals surface area (Å²) in [6.07, 6.45) is 3.86. The molecule has 0 radical (unpaired) electrons. The Balaban J connectivity index is 2.43. The molecule has 1 spiro atoms. The standard InChI is InChI=1S/C11H21N3O2S/c1-8(2)14-10(12)13-7-11(14)6-4-5-9(11)17(3,15)16/h8-9H,4-7H2,1-3H3,(H2,12,13). The molecule has 1 heterocycles. The third-order valence-corrected chi connectivity index (χ3v) is 5.66. The van der Waals surface area contributed by atoms with Crippen LogP contribution < -0.4 is 5.73 Å². The van der Waals surface area contributed by atoms with Gasteiger partial charge in [0.15, 0.2) is 15.8 Å². The first-order valence-corrected chi connectivity index (χ1v) is 8.02. The van der Waals surface area contributed by atoms with Gasteiger partial charge in [-0.05, 0) is 33.1 Å². The summed E-state index contributed by atoms with van der Waals surface area (Å²) in [5.74, 6) is 0.496. The van der Waals surface area contributed by atoms with E-state index in [1.807, 2.05) is 18.7 Å². The molecule has 0 bridgehead atoms. The Morgan fingerprint density at radius 1 is 1.53 bits per heavy atom. The Labute approximate surface area is 103 Å². The minimum Gasteiger partial charge on any atom is -0.370 e. The topological polar surface area (TPSA) is 75.8 Å². The molecule has 2 N–H and O–H groups in total. The summed E-state index contributed by atoms with van der Waals surface area (Å²) in [7, 11) is -3.05. The van der Waals surface area contributed by atoms with Crippen LogP contribution in [0, 0.1) is 0 Å². The Hall–Kier alpha value is -0.780. The van der Waals surface area contributed by atoms with E-state index >= 15 is 0 Å². The van der Waals surface area contributed by atoms with Gasteiger partial charge in [-0.25, -0.2) is 8.42 Å². The first-order valence-electron chi connectivity index (χ1n) is 6.07. The Morgan fingerprint density at radius 2 is 2.18 bits per heavy atom. The van der Waals surface area contributed by atoms with Crippen molar-refractivity contribution >= 4 is 15.8 Å². The SMILES string of the molecule is CC(C)N1C(N)=NCC12CCCC2S(C)(=O)=O. The van der Waals surface area contributed by atoms with Crippen molar-refractivity contribution in [3.8, 4) is 0 Å². The number of nitrogens with zero attached hydrogens (tertiary/aromatic N) is 2. The second-order valence-corrected chi connectivity index (χ2v) is 7.68. The lowest BCUT2D eigenvalue weighted by molar-refractivity contribution is 0.172. The fourth-order valence-corrected chi connectivity index (χ4v) is 5.17. The van der Waals surface area contributed by atoms with Crippen molar-refractivity contribution in [2.24, 2.45) is 10.7 Å². The van der Waals surface area contributed by atoms with Gasteiger partial charge >= 0.3 is 0 Å². The zero-order chi connectivity index (χ0) is 12.8. The van der Waals surface area contributed by atoms with Gasteiger partial charge in [-0.2, -0.15) is 0 Å². The number of hydrogen-bond donors (Lipinski definition) is 1. The van der Waals surface area contributed by atoms with Crippen LogP contribution in [0.3, 0.4) is 0 Å². The Kier molecular flexibility index (Phi) is 2.88. The molecule has 0 aromatic rings. The zero-order valence-corrected chi connectivity index (χ0v) is 11.5. The summed E-state index contributed by atoms with van der Waals surface area (Å²) < 4.78 is 23.9. The molecule has 2 unspecified atom stereocenters. The van der Waals surface area contributed by atoms with Crippen LogP contribution in [-0.2, 0) is 9.84 Å². The predicted octanol–water partition coefficient (Wildman–Crippen LogP) is 0.361. The first kappa shape index (κ1) is 12.7. The van der Waals surface area contributed by atoms with Crippen LogP contribution in [0.4, 0.5) is 0 Å². The lowest BCUT2D eigenvalue weighted by Crippen LogP contribution is -2.60. The van der Waals surface area contributed by atoms with Gasteiger partial charge in [-0.15, -0.1) is 0 Å². The van der Waals surface area contributed by atoms with Gasteiger partial charge in [0.1, 0.15) is 0 Å². The molecule has 0 amide bonds. The summed E-state index contributed by atoms with van der Waals surface area (Å²) in [5.41, 5.74) is 5.54. The average molecular weight is 259 g/mol. The molecule has 1 aliphatic carbocycles. The van der Waals surface area contributed by atoms with Crippen LogP contribution in [-0.4, -0.2) is 48.9 Å². The van der Waals surface area contributed by atoms with Crippen molar-refractivity contribution in [1.29, 1.82) is 0 Å². The summed E-state index contributed by atoms with van der Waals surface area (Å²) in [6, 6.07) is 0.184. The number of aliphatic imine (C=N–C) groups is 1. The minimum absolute atomic E-state index is 0.184. The van der Waals surface area contributed by atoms with E-state index in [0.717, 1.165) is 19.3 Å². The highest BCUT2D eigenvalue weighted by atomic mass is 32.2. The van der Waals surface area contributed by atoms with Gasteiger partial charge in [0, 0.05) is 12.3 Å². The van der Waals surface area contributed by atoms with Crippen LogP contribution in [0.25, 0.3) is 0 Å². The van der Waals surface area contributed by atoms with E-state index < -0.39 is 9.84 Å². The molecule has 2 rings (SSSR count). The molecule has 0 saturated heterocycles. The molecule has 2 aliphatic rings. The maximum Gasteiger partial charge on any atom is 0.192 e. The smallest absolute Gasteiger partial charge is 0.192 e. The number of rotatable bonds is 2. The summed E-state index contributed by atoms with van der Waals surface area (Å²) in [4.78, 5) is 6.31. The first-order chi connectivity index (χ1) is 7.79. The Morgan fingerprint density at radius 3 is 2.71 bits per heavy atom. The lowest BCUT2D eigenvalue weighted by atomic mass is 9.95. The molecular weight excluding hydrogens is 238 g/mol. The molecule has 6 heteroatoms. The second kappa shape index (κ2) is 3.86. The molecule has 2 atom stereocenters. The van der Waals surface area contributed by atoms with E-state index in [4.69, 9.17) is 5.73 Å². The molecule has 1 saturated carbocycles. The highest BCUT2D eigenvalue weighted by molar-refractivity contribution is 7.91. The van der Waals surface area contributed by atoms with Crippen molar-refractivity contribution < 1.29 is 8.42 Å². The maximum atomic E-state index is 12.0. The third kappa shape index (κ3) is 1.82. The zero-order valence-electron chi connectivity index (χ0n) is 10.7. The summed E-state index contributed by atoms with van der Waals surface area (Å²) >= 11 is 0. The predicted molar refractivity (Wildman–Crippen MR) is 68.7 cm³/mol. The second-order valence-electron chi connectivity index (χ2n) is 5.45. The van der Waals surface area contributed by atoms with Crippen LogP contribution in [0.15, 0.2) is 4.99 Å². The van der Waals surface area contributed by atoms with Crippen molar-refractivity contribution in [3.05, 3.63) is 0 Å². The quantitative estimate of drug-likeness (QED) is 0.777. The average Bonchev–Trinajstić information content (AvgIpc) is 2.71. The van der Waals surface area contributed by atoms with E-state index in [2.05, 4.69) is 4.99 Å². The van der Waals surface area contributed by atoms with E-state index in [9.17, 15) is 8.42 Å². The van der Waals surface area contributed by atoms with E-state index in [1.165, 1.54) is 6.26 Å². The van der Waals surface area contributed by atoms with Gasteiger partial charge in [-0.3, -0.25) is 4.99 Å². The van der Waals surface area contributed by atoms with E-state index in [1.54, 1.807) is 0 Å².